The maximum absolute atomic E-state index is 13.8. The van der Waals surface area contributed by atoms with Crippen LogP contribution in [0.25, 0.3) is 0 Å². The zero-order chi connectivity index (χ0) is 11.1. The summed E-state index contributed by atoms with van der Waals surface area (Å²) in [5, 5.41) is 0. The molecule has 0 aliphatic carbocycles. The van der Waals surface area contributed by atoms with Crippen LogP contribution in [-0.2, 0) is 4.79 Å². The molecule has 0 aromatic carbocycles. The molecular weight excluding hydrogens is 197 g/mol. The second-order valence-electron chi connectivity index (χ2n) is 3.88. The number of nitrogens with zero attached hydrogens (tertiary/aromatic N) is 2. The van der Waals surface area contributed by atoms with Gasteiger partial charge in [-0.25, -0.2) is 13.2 Å². The van der Waals surface area contributed by atoms with Gasteiger partial charge in [0.2, 0.25) is 0 Å². The maximum atomic E-state index is 13.8. The van der Waals surface area contributed by atoms with Gasteiger partial charge in [0.25, 0.3) is 11.6 Å². The number of likely N-dealkylation sites (tertiary alicyclic amines) is 1. The van der Waals surface area contributed by atoms with Gasteiger partial charge in [-0.15, -0.1) is 0 Å². The number of carbonyl (C=O) groups excluding carboxylic acids is 1. The Hall–Kier alpha value is -0.780. The minimum absolute atomic E-state index is 0.559. The van der Waals surface area contributed by atoms with E-state index in [1.807, 2.05) is 0 Å². The molecule has 0 N–H and O–H groups in total. The molecule has 1 aliphatic heterocycles. The third-order valence-corrected chi connectivity index (χ3v) is 2.28. The second-order valence-corrected chi connectivity index (χ2v) is 3.88. The predicted octanol–water partition coefficient (Wildman–Crippen LogP) is 0.364. The van der Waals surface area contributed by atoms with Crippen molar-refractivity contribution in [1.82, 2.24) is 9.80 Å². The van der Waals surface area contributed by atoms with Crippen LogP contribution in [0, 0.1) is 0 Å². The number of amides is 1. The molecule has 1 saturated heterocycles. The first-order valence-corrected chi connectivity index (χ1v) is 4.18. The summed E-state index contributed by atoms with van der Waals surface area (Å²) < 4.78 is 40.2. The van der Waals surface area contributed by atoms with E-state index < -0.39 is 30.6 Å². The van der Waals surface area contributed by atoms with Crippen LogP contribution < -0.4 is 0 Å². The van der Waals surface area contributed by atoms with E-state index in [0.717, 1.165) is 9.80 Å². The van der Waals surface area contributed by atoms with E-state index in [1.54, 1.807) is 0 Å². The van der Waals surface area contributed by atoms with Crippen molar-refractivity contribution in [2.45, 2.75) is 11.6 Å². The minimum atomic E-state index is -3.61. The summed E-state index contributed by atoms with van der Waals surface area (Å²) in [6.45, 7) is -1.28. The van der Waals surface area contributed by atoms with Crippen LogP contribution in [0.1, 0.15) is 0 Å². The molecule has 1 rings (SSSR count). The topological polar surface area (TPSA) is 23.6 Å². The summed E-state index contributed by atoms with van der Waals surface area (Å²) >= 11 is 0. The molecule has 1 heterocycles. The third-order valence-electron chi connectivity index (χ3n) is 2.28. The molecule has 1 amide bonds. The molecule has 0 spiro atoms. The Morgan fingerprint density at radius 3 is 2.07 bits per heavy atom. The van der Waals surface area contributed by atoms with Gasteiger partial charge in [0.1, 0.15) is 0 Å². The zero-order valence-electron chi connectivity index (χ0n) is 8.35. The van der Waals surface area contributed by atoms with Crippen molar-refractivity contribution < 1.29 is 18.0 Å². The molecular formula is C8H13F3N2O. The fourth-order valence-corrected chi connectivity index (χ4v) is 1.59. The number of hydrogen-bond donors (Lipinski definition) is 0. The fraction of sp³-hybridized carbons (Fsp3) is 0.875. The average Bonchev–Trinajstić information content (AvgIpc) is 2.20. The van der Waals surface area contributed by atoms with Crippen molar-refractivity contribution in [3.63, 3.8) is 0 Å². The molecule has 1 unspecified atom stereocenters. The first-order valence-electron chi connectivity index (χ1n) is 4.18. The maximum Gasteiger partial charge on any atom is 0.304 e. The highest BCUT2D eigenvalue weighted by Gasteiger charge is 2.65. The largest absolute Gasteiger partial charge is 0.346 e. The normalized spacial score (nSPS) is 31.9. The van der Waals surface area contributed by atoms with Crippen LogP contribution in [-0.4, -0.2) is 61.5 Å². The van der Waals surface area contributed by atoms with Gasteiger partial charge < -0.3 is 4.90 Å². The lowest BCUT2D eigenvalue weighted by atomic mass is 10.00. The molecule has 1 atom stereocenters. The summed E-state index contributed by atoms with van der Waals surface area (Å²) in [7, 11) is 3.88. The Bertz CT molecular complexity index is 257. The average molecular weight is 210 g/mol. The Labute approximate surface area is 80.5 Å². The molecule has 1 aliphatic rings. The standard InChI is InChI=1S/C8H13F3N2O/c1-12(2)6(14)7(9)4-13(3)5-8(7,10)11/h4-5H2,1-3H3. The van der Waals surface area contributed by atoms with Gasteiger partial charge in [-0.1, -0.05) is 0 Å². The van der Waals surface area contributed by atoms with Gasteiger partial charge >= 0.3 is 5.92 Å². The number of carbonyl (C=O) groups is 1. The van der Waals surface area contributed by atoms with Crippen LogP contribution >= 0.6 is 0 Å². The monoisotopic (exact) mass is 210 g/mol. The predicted molar refractivity (Wildman–Crippen MR) is 45.0 cm³/mol. The van der Waals surface area contributed by atoms with Crippen molar-refractivity contribution >= 4 is 5.91 Å². The molecule has 0 saturated carbocycles. The smallest absolute Gasteiger partial charge is 0.304 e. The fourth-order valence-electron chi connectivity index (χ4n) is 1.59. The molecule has 0 aromatic heterocycles. The summed E-state index contributed by atoms with van der Waals surface area (Å²) in [4.78, 5) is 13.2. The van der Waals surface area contributed by atoms with Crippen LogP contribution in [0.4, 0.5) is 13.2 Å². The van der Waals surface area contributed by atoms with Crippen LogP contribution in [0.15, 0.2) is 0 Å². The van der Waals surface area contributed by atoms with Gasteiger partial charge in [0.05, 0.1) is 6.54 Å². The van der Waals surface area contributed by atoms with Gasteiger partial charge in [0.15, 0.2) is 0 Å². The lowest BCUT2D eigenvalue weighted by Gasteiger charge is -2.27. The van der Waals surface area contributed by atoms with Gasteiger partial charge in [-0.3, -0.25) is 9.69 Å². The highest BCUT2D eigenvalue weighted by atomic mass is 19.3. The zero-order valence-corrected chi connectivity index (χ0v) is 8.35. The number of halogens is 3. The minimum Gasteiger partial charge on any atom is -0.346 e. The van der Waals surface area contributed by atoms with Crippen molar-refractivity contribution in [2.75, 3.05) is 34.2 Å². The number of alkyl halides is 3. The highest BCUT2D eigenvalue weighted by molar-refractivity contribution is 5.86. The number of hydrogen-bond acceptors (Lipinski definition) is 2. The van der Waals surface area contributed by atoms with Crippen molar-refractivity contribution in [1.29, 1.82) is 0 Å². The second kappa shape index (κ2) is 3.12. The summed E-state index contributed by atoms with van der Waals surface area (Å²) in [6, 6.07) is 0. The van der Waals surface area contributed by atoms with Gasteiger partial charge in [0, 0.05) is 20.6 Å². The van der Waals surface area contributed by atoms with Gasteiger partial charge in [-0.05, 0) is 7.05 Å². The van der Waals surface area contributed by atoms with E-state index in [2.05, 4.69) is 0 Å². The van der Waals surface area contributed by atoms with Crippen molar-refractivity contribution in [2.24, 2.45) is 0 Å². The van der Waals surface area contributed by atoms with Gasteiger partial charge in [-0.2, -0.15) is 0 Å². The molecule has 0 radical (unpaired) electrons. The lowest BCUT2D eigenvalue weighted by molar-refractivity contribution is -0.162. The van der Waals surface area contributed by atoms with E-state index in [-0.39, 0.29) is 0 Å². The molecule has 14 heavy (non-hydrogen) atoms. The molecule has 0 aromatic rings. The first-order chi connectivity index (χ1) is 6.21. The molecule has 3 nitrogen and oxygen atoms in total. The summed E-state index contributed by atoms with van der Waals surface area (Å²) in [6.07, 6.45) is 0. The SMILES string of the molecule is CN1CC(F)(F)C(F)(C(=O)N(C)C)C1. The van der Waals surface area contributed by atoms with E-state index in [0.29, 0.717) is 0 Å². The summed E-state index contributed by atoms with van der Waals surface area (Å²) in [5.74, 6) is -4.78. The first kappa shape index (κ1) is 11.3. The van der Waals surface area contributed by atoms with E-state index in [1.165, 1.54) is 21.1 Å². The highest BCUT2D eigenvalue weighted by Crippen LogP contribution is 2.40. The molecule has 1 fully saturated rings. The summed E-state index contributed by atoms with van der Waals surface area (Å²) in [5.41, 5.74) is -3.08. The third kappa shape index (κ3) is 1.47. The Kier molecular flexibility index (Phi) is 2.51. The van der Waals surface area contributed by atoms with Crippen LogP contribution in [0.2, 0.25) is 0 Å². The molecule has 82 valence electrons. The Balaban J connectivity index is 2.99. The lowest BCUT2D eigenvalue weighted by Crippen LogP contribution is -2.54. The Morgan fingerprint density at radius 2 is 1.79 bits per heavy atom. The quantitative estimate of drug-likeness (QED) is 0.624. The molecule has 0 bridgehead atoms. The number of rotatable bonds is 1. The van der Waals surface area contributed by atoms with Crippen molar-refractivity contribution in [3.8, 4) is 0 Å². The van der Waals surface area contributed by atoms with Crippen molar-refractivity contribution in [3.05, 3.63) is 0 Å². The van der Waals surface area contributed by atoms with E-state index in [9.17, 15) is 18.0 Å². The van der Waals surface area contributed by atoms with Crippen LogP contribution in [0.3, 0.4) is 0 Å². The Morgan fingerprint density at radius 1 is 1.29 bits per heavy atom. The molecule has 6 heteroatoms. The van der Waals surface area contributed by atoms with E-state index >= 15 is 0 Å². The van der Waals surface area contributed by atoms with Crippen LogP contribution in [0.5, 0.6) is 0 Å². The van der Waals surface area contributed by atoms with E-state index in [4.69, 9.17) is 0 Å².